The number of hydrogen-bond donors (Lipinski definition) is 0. The normalized spacial score (nSPS) is 12.1. The van der Waals surface area contributed by atoms with Crippen molar-refractivity contribution >= 4 is 10.8 Å². The highest BCUT2D eigenvalue weighted by Gasteiger charge is 2.27. The smallest absolute Gasteiger partial charge is 0.0711 e. The van der Waals surface area contributed by atoms with Crippen molar-refractivity contribution in [1.82, 2.24) is 9.97 Å². The van der Waals surface area contributed by atoms with Gasteiger partial charge in [0.05, 0.1) is 22.8 Å². The van der Waals surface area contributed by atoms with Gasteiger partial charge in [0.2, 0.25) is 0 Å². The summed E-state index contributed by atoms with van der Waals surface area (Å²) in [5, 5.41) is 2.44. The Morgan fingerprint density at radius 1 is 0.543 bits per heavy atom. The fraction of sp³-hybridized carbons (Fsp3) is 0.212. The number of fused-ring (bicyclic) bond motifs is 1. The minimum atomic E-state index is -0.349. The van der Waals surface area contributed by atoms with Gasteiger partial charge in [-0.1, -0.05) is 93.6 Å². The van der Waals surface area contributed by atoms with E-state index in [1.165, 1.54) is 16.3 Å². The van der Waals surface area contributed by atoms with Gasteiger partial charge >= 0.3 is 0 Å². The number of hydrogen-bond acceptors (Lipinski definition) is 2. The van der Waals surface area contributed by atoms with Crippen LogP contribution in [0.2, 0.25) is 0 Å². The number of nitrogens with zero attached hydrogens (tertiary/aromatic N) is 2. The summed E-state index contributed by atoms with van der Waals surface area (Å²) in [5.74, 6) is 0. The van der Waals surface area contributed by atoms with E-state index in [9.17, 15) is 0 Å². The molecule has 0 N–H and O–H groups in total. The van der Waals surface area contributed by atoms with Crippen molar-refractivity contribution in [3.05, 3.63) is 120 Å². The fourth-order valence-corrected chi connectivity index (χ4v) is 4.60. The fourth-order valence-electron chi connectivity index (χ4n) is 4.60. The summed E-state index contributed by atoms with van der Waals surface area (Å²) in [7, 11) is 0. The first-order valence-corrected chi connectivity index (χ1v) is 12.3. The second-order valence-electron chi connectivity index (χ2n) is 10.8. The lowest BCUT2D eigenvalue weighted by Crippen LogP contribution is -2.22. The molecule has 5 rings (SSSR count). The zero-order chi connectivity index (χ0) is 24.6. The van der Waals surface area contributed by atoms with Crippen LogP contribution in [0.15, 0.2) is 103 Å². The Morgan fingerprint density at radius 2 is 1.14 bits per heavy atom. The average molecular weight is 457 g/mol. The molecule has 0 atom stereocenters. The summed E-state index contributed by atoms with van der Waals surface area (Å²) in [6.07, 6.45) is 0. The van der Waals surface area contributed by atoms with Crippen LogP contribution in [0.3, 0.4) is 0 Å². The van der Waals surface area contributed by atoms with Gasteiger partial charge in [-0.05, 0) is 65.9 Å². The molecule has 0 aliphatic heterocycles. The maximum absolute atomic E-state index is 5.15. The maximum Gasteiger partial charge on any atom is 0.0711 e. The first-order chi connectivity index (χ1) is 16.7. The van der Waals surface area contributed by atoms with Crippen LogP contribution in [0, 0.1) is 0 Å². The first-order valence-electron chi connectivity index (χ1n) is 12.3. The minimum Gasteiger partial charge on any atom is -0.252 e. The SMILES string of the molecule is CC(C)(C)c1cccc(-c2cccc(C(C)(C)c3cccc(-c4cccc5ccccc45)n3)n2)c1. The molecule has 2 nitrogen and oxygen atoms in total. The topological polar surface area (TPSA) is 25.8 Å². The molecular weight excluding hydrogens is 424 g/mol. The third-order valence-electron chi connectivity index (χ3n) is 6.87. The molecule has 0 bridgehead atoms. The lowest BCUT2D eigenvalue weighted by Gasteiger charge is -2.25. The third kappa shape index (κ3) is 4.49. The van der Waals surface area contributed by atoms with E-state index in [1.54, 1.807) is 0 Å². The van der Waals surface area contributed by atoms with Crippen LogP contribution in [-0.4, -0.2) is 9.97 Å². The number of aromatic nitrogens is 2. The molecule has 0 saturated carbocycles. The molecule has 0 unspecified atom stereocenters. The molecule has 0 spiro atoms. The summed E-state index contributed by atoms with van der Waals surface area (Å²) < 4.78 is 0. The lowest BCUT2D eigenvalue weighted by atomic mass is 9.83. The van der Waals surface area contributed by atoms with E-state index in [-0.39, 0.29) is 10.8 Å². The summed E-state index contributed by atoms with van der Waals surface area (Å²) in [5.41, 5.74) is 7.36. The Balaban J connectivity index is 1.55. The molecule has 2 aromatic heterocycles. The average Bonchev–Trinajstić information content (AvgIpc) is 2.88. The van der Waals surface area contributed by atoms with Gasteiger partial charge in [-0.2, -0.15) is 0 Å². The summed E-state index contributed by atoms with van der Waals surface area (Å²) in [6.45, 7) is 11.1. The van der Waals surface area contributed by atoms with Crippen molar-refractivity contribution in [3.63, 3.8) is 0 Å². The van der Waals surface area contributed by atoms with Gasteiger partial charge in [0.1, 0.15) is 0 Å². The summed E-state index contributed by atoms with van der Waals surface area (Å²) >= 11 is 0. The molecule has 0 amide bonds. The van der Waals surface area contributed by atoms with E-state index in [0.29, 0.717) is 0 Å². The molecule has 0 saturated heterocycles. The van der Waals surface area contributed by atoms with Crippen LogP contribution in [0.25, 0.3) is 33.3 Å². The Morgan fingerprint density at radius 3 is 1.89 bits per heavy atom. The van der Waals surface area contributed by atoms with Gasteiger partial charge in [-0.25, -0.2) is 0 Å². The van der Waals surface area contributed by atoms with Gasteiger partial charge in [0.15, 0.2) is 0 Å². The maximum atomic E-state index is 5.15. The van der Waals surface area contributed by atoms with Crippen molar-refractivity contribution < 1.29 is 0 Å². The monoisotopic (exact) mass is 456 g/mol. The zero-order valence-corrected chi connectivity index (χ0v) is 21.2. The van der Waals surface area contributed by atoms with Crippen LogP contribution in [0.4, 0.5) is 0 Å². The van der Waals surface area contributed by atoms with Crippen LogP contribution >= 0.6 is 0 Å². The molecule has 0 fully saturated rings. The largest absolute Gasteiger partial charge is 0.252 e. The molecule has 0 aliphatic carbocycles. The van der Waals surface area contributed by atoms with Crippen LogP contribution in [0.1, 0.15) is 51.6 Å². The molecule has 2 heterocycles. The highest BCUT2D eigenvalue weighted by Crippen LogP contribution is 2.34. The van der Waals surface area contributed by atoms with E-state index in [2.05, 4.69) is 138 Å². The standard InChI is InChI=1S/C33H32N2/c1-32(2,3)25-15-8-14-24(22-25)28-18-10-20-30(34-28)33(4,5)31-21-11-19-29(35-31)27-17-9-13-23-12-6-7-16-26(23)27/h6-22H,1-5H3. The minimum absolute atomic E-state index is 0.0961. The molecule has 2 heteroatoms. The second kappa shape index (κ2) is 8.78. The highest BCUT2D eigenvalue weighted by molar-refractivity contribution is 5.95. The van der Waals surface area contributed by atoms with E-state index in [4.69, 9.17) is 9.97 Å². The highest BCUT2D eigenvalue weighted by atomic mass is 14.8. The molecular formula is C33H32N2. The molecule has 174 valence electrons. The number of benzene rings is 3. The van der Waals surface area contributed by atoms with E-state index < -0.39 is 0 Å². The van der Waals surface area contributed by atoms with Crippen molar-refractivity contribution in [2.75, 3.05) is 0 Å². The predicted molar refractivity (Wildman–Crippen MR) is 148 cm³/mol. The van der Waals surface area contributed by atoms with Crippen LogP contribution < -0.4 is 0 Å². The molecule has 3 aromatic carbocycles. The van der Waals surface area contributed by atoms with Crippen molar-refractivity contribution in [2.24, 2.45) is 0 Å². The van der Waals surface area contributed by atoms with E-state index in [1.807, 2.05) is 0 Å². The molecule has 35 heavy (non-hydrogen) atoms. The number of pyridine rings is 2. The van der Waals surface area contributed by atoms with Crippen molar-refractivity contribution in [1.29, 1.82) is 0 Å². The summed E-state index contributed by atoms with van der Waals surface area (Å²) in [6, 6.07) is 36.3. The van der Waals surface area contributed by atoms with Crippen LogP contribution in [0.5, 0.6) is 0 Å². The Kier molecular flexibility index (Phi) is 5.76. The predicted octanol–water partition coefficient (Wildman–Crippen LogP) is 8.59. The first kappa shape index (κ1) is 23.0. The Labute approximate surface area is 208 Å². The second-order valence-corrected chi connectivity index (χ2v) is 10.8. The Bertz CT molecular complexity index is 1500. The summed E-state index contributed by atoms with van der Waals surface area (Å²) in [4.78, 5) is 10.3. The molecule has 5 aromatic rings. The van der Waals surface area contributed by atoms with E-state index >= 15 is 0 Å². The number of rotatable bonds is 4. The van der Waals surface area contributed by atoms with Gasteiger partial charge in [0.25, 0.3) is 0 Å². The van der Waals surface area contributed by atoms with Gasteiger partial charge in [-0.3, -0.25) is 9.97 Å². The van der Waals surface area contributed by atoms with Gasteiger partial charge < -0.3 is 0 Å². The van der Waals surface area contributed by atoms with E-state index in [0.717, 1.165) is 33.9 Å². The quantitative estimate of drug-likeness (QED) is 0.271. The van der Waals surface area contributed by atoms with Gasteiger partial charge in [0, 0.05) is 16.5 Å². The van der Waals surface area contributed by atoms with Gasteiger partial charge in [-0.15, -0.1) is 0 Å². The van der Waals surface area contributed by atoms with Crippen molar-refractivity contribution in [2.45, 2.75) is 45.4 Å². The third-order valence-corrected chi connectivity index (χ3v) is 6.87. The zero-order valence-electron chi connectivity index (χ0n) is 21.2. The van der Waals surface area contributed by atoms with Crippen LogP contribution in [-0.2, 0) is 10.8 Å². The van der Waals surface area contributed by atoms with Crippen molar-refractivity contribution in [3.8, 4) is 22.5 Å². The molecule has 0 radical (unpaired) electrons. The Hall–Kier alpha value is -3.78. The lowest BCUT2D eigenvalue weighted by molar-refractivity contribution is 0.590. The molecule has 0 aliphatic rings.